The van der Waals surface area contributed by atoms with Crippen molar-refractivity contribution >= 4 is 23.0 Å². The van der Waals surface area contributed by atoms with Crippen LogP contribution in [-0.2, 0) is 12.7 Å². The summed E-state index contributed by atoms with van der Waals surface area (Å²) in [6, 6.07) is 3.22. The van der Waals surface area contributed by atoms with E-state index in [2.05, 4.69) is 15.3 Å². The molecule has 0 aliphatic rings. The molecule has 0 aliphatic carbocycles. The Bertz CT molecular complexity index is 580. The molecule has 2 aromatic heterocycles. The van der Waals surface area contributed by atoms with Crippen LogP contribution in [0.3, 0.4) is 0 Å². The van der Waals surface area contributed by atoms with E-state index in [1.807, 2.05) is 18.4 Å². The van der Waals surface area contributed by atoms with E-state index < -0.39 is 12.0 Å². The van der Waals surface area contributed by atoms with Gasteiger partial charge in [-0.1, -0.05) is 0 Å². The standard InChI is InChI=1S/C11H11F3N4S/c1-6-2-3-19-7(6)5-16-9-4-8(15)17-10(18-9)11(12,13)14/h2-4H,5H2,1H3,(H3,15,16,17,18). The van der Waals surface area contributed by atoms with Crippen molar-refractivity contribution in [2.75, 3.05) is 11.1 Å². The molecular formula is C11H11F3N4S. The Labute approximate surface area is 111 Å². The monoisotopic (exact) mass is 288 g/mol. The largest absolute Gasteiger partial charge is 0.451 e. The third-order valence-electron chi connectivity index (χ3n) is 2.40. The summed E-state index contributed by atoms with van der Waals surface area (Å²) < 4.78 is 37.6. The van der Waals surface area contributed by atoms with Crippen LogP contribution in [0, 0.1) is 6.92 Å². The summed E-state index contributed by atoms with van der Waals surface area (Å²) >= 11 is 1.52. The molecule has 0 saturated heterocycles. The van der Waals surface area contributed by atoms with Crippen molar-refractivity contribution in [1.82, 2.24) is 9.97 Å². The van der Waals surface area contributed by atoms with Crippen LogP contribution in [0.4, 0.5) is 24.8 Å². The Hall–Kier alpha value is -1.83. The third kappa shape index (κ3) is 3.34. The zero-order valence-corrected chi connectivity index (χ0v) is 10.8. The van der Waals surface area contributed by atoms with Gasteiger partial charge in [-0.3, -0.25) is 0 Å². The highest BCUT2D eigenvalue weighted by Crippen LogP contribution is 2.28. The SMILES string of the molecule is Cc1ccsc1CNc1cc(N)nc(C(F)(F)F)n1. The van der Waals surface area contributed by atoms with E-state index in [-0.39, 0.29) is 11.6 Å². The maximum absolute atomic E-state index is 12.5. The molecule has 0 spiro atoms. The Kier molecular flexibility index (Phi) is 3.61. The maximum Gasteiger partial charge on any atom is 0.451 e. The Morgan fingerprint density at radius 2 is 2.11 bits per heavy atom. The number of nitrogen functional groups attached to an aromatic ring is 1. The van der Waals surface area contributed by atoms with E-state index in [1.54, 1.807) is 0 Å². The number of hydrogen-bond donors (Lipinski definition) is 2. The van der Waals surface area contributed by atoms with Crippen LogP contribution >= 0.6 is 11.3 Å². The lowest BCUT2D eigenvalue weighted by Crippen LogP contribution is -2.14. The van der Waals surface area contributed by atoms with Crippen LogP contribution in [0.2, 0.25) is 0 Å². The topological polar surface area (TPSA) is 63.8 Å². The lowest BCUT2D eigenvalue weighted by atomic mass is 10.3. The molecule has 3 N–H and O–H groups in total. The van der Waals surface area contributed by atoms with Crippen molar-refractivity contribution in [3.8, 4) is 0 Å². The zero-order valence-electron chi connectivity index (χ0n) is 9.95. The third-order valence-corrected chi connectivity index (χ3v) is 3.42. The first-order valence-electron chi connectivity index (χ1n) is 5.35. The van der Waals surface area contributed by atoms with Gasteiger partial charge in [0.15, 0.2) is 0 Å². The minimum absolute atomic E-state index is 0.0626. The van der Waals surface area contributed by atoms with Gasteiger partial charge in [-0.25, -0.2) is 9.97 Å². The molecule has 0 amide bonds. The van der Waals surface area contributed by atoms with Crippen molar-refractivity contribution in [2.24, 2.45) is 0 Å². The Morgan fingerprint density at radius 3 is 2.68 bits per heavy atom. The molecule has 2 heterocycles. The van der Waals surface area contributed by atoms with Gasteiger partial charge in [0.2, 0.25) is 5.82 Å². The first-order chi connectivity index (χ1) is 8.86. The van der Waals surface area contributed by atoms with Crippen LogP contribution in [-0.4, -0.2) is 9.97 Å². The average molecular weight is 288 g/mol. The molecule has 0 saturated carbocycles. The number of hydrogen-bond acceptors (Lipinski definition) is 5. The fourth-order valence-corrected chi connectivity index (χ4v) is 2.29. The van der Waals surface area contributed by atoms with E-state index in [0.717, 1.165) is 10.4 Å². The molecule has 0 unspecified atom stereocenters. The molecule has 2 rings (SSSR count). The summed E-state index contributed by atoms with van der Waals surface area (Å²) in [7, 11) is 0. The summed E-state index contributed by atoms with van der Waals surface area (Å²) in [4.78, 5) is 7.62. The first-order valence-corrected chi connectivity index (χ1v) is 6.23. The molecule has 2 aromatic rings. The van der Waals surface area contributed by atoms with Crippen LogP contribution < -0.4 is 11.1 Å². The van der Waals surface area contributed by atoms with Gasteiger partial charge in [-0.2, -0.15) is 13.2 Å². The second-order valence-corrected chi connectivity index (χ2v) is 4.88. The zero-order chi connectivity index (χ0) is 14.0. The lowest BCUT2D eigenvalue weighted by molar-refractivity contribution is -0.144. The van der Waals surface area contributed by atoms with Gasteiger partial charge in [0.05, 0.1) is 6.54 Å². The number of aromatic nitrogens is 2. The highest BCUT2D eigenvalue weighted by atomic mass is 32.1. The molecule has 0 fully saturated rings. The minimum Gasteiger partial charge on any atom is -0.384 e. The van der Waals surface area contributed by atoms with Gasteiger partial charge in [0.25, 0.3) is 0 Å². The van der Waals surface area contributed by atoms with Crippen molar-refractivity contribution in [1.29, 1.82) is 0 Å². The average Bonchev–Trinajstić information content (AvgIpc) is 2.70. The van der Waals surface area contributed by atoms with Gasteiger partial charge < -0.3 is 11.1 Å². The van der Waals surface area contributed by atoms with Gasteiger partial charge >= 0.3 is 6.18 Å². The molecule has 0 bridgehead atoms. The van der Waals surface area contributed by atoms with E-state index in [9.17, 15) is 13.2 Å². The van der Waals surface area contributed by atoms with Gasteiger partial charge in [-0.15, -0.1) is 11.3 Å². The summed E-state index contributed by atoms with van der Waals surface area (Å²) in [5.74, 6) is -1.39. The second-order valence-electron chi connectivity index (χ2n) is 3.88. The Balaban J connectivity index is 2.17. The number of alkyl halides is 3. The second kappa shape index (κ2) is 5.04. The van der Waals surface area contributed by atoms with Crippen LogP contribution in [0.1, 0.15) is 16.3 Å². The first kappa shape index (κ1) is 13.6. The fraction of sp³-hybridized carbons (Fsp3) is 0.273. The van der Waals surface area contributed by atoms with Crippen molar-refractivity contribution in [2.45, 2.75) is 19.6 Å². The number of halogens is 3. The highest BCUT2D eigenvalue weighted by molar-refractivity contribution is 7.10. The quantitative estimate of drug-likeness (QED) is 0.911. The van der Waals surface area contributed by atoms with Gasteiger partial charge in [0, 0.05) is 10.9 Å². The normalized spacial score (nSPS) is 11.6. The van der Waals surface area contributed by atoms with Crippen molar-refractivity contribution in [3.63, 3.8) is 0 Å². The van der Waals surface area contributed by atoms with Crippen LogP contribution in [0.25, 0.3) is 0 Å². The maximum atomic E-state index is 12.5. The number of thiophene rings is 1. The number of rotatable bonds is 3. The predicted octanol–water partition coefficient (Wildman–Crippen LogP) is 3.06. The van der Waals surface area contributed by atoms with Crippen LogP contribution in [0.5, 0.6) is 0 Å². The van der Waals surface area contributed by atoms with Gasteiger partial charge in [-0.05, 0) is 23.9 Å². The number of anilines is 2. The lowest BCUT2D eigenvalue weighted by Gasteiger charge is -2.09. The highest BCUT2D eigenvalue weighted by Gasteiger charge is 2.35. The van der Waals surface area contributed by atoms with E-state index >= 15 is 0 Å². The van der Waals surface area contributed by atoms with E-state index in [0.29, 0.717) is 6.54 Å². The predicted molar refractivity (Wildman–Crippen MR) is 67.8 cm³/mol. The molecule has 0 radical (unpaired) electrons. The smallest absolute Gasteiger partial charge is 0.384 e. The molecule has 102 valence electrons. The van der Waals surface area contributed by atoms with Gasteiger partial charge in [0.1, 0.15) is 11.6 Å². The van der Waals surface area contributed by atoms with Crippen molar-refractivity contribution < 1.29 is 13.2 Å². The number of nitrogens with zero attached hydrogens (tertiary/aromatic N) is 2. The van der Waals surface area contributed by atoms with Crippen LogP contribution in [0.15, 0.2) is 17.5 Å². The Morgan fingerprint density at radius 1 is 1.37 bits per heavy atom. The van der Waals surface area contributed by atoms with E-state index in [4.69, 9.17) is 5.73 Å². The summed E-state index contributed by atoms with van der Waals surface area (Å²) in [5.41, 5.74) is 6.43. The molecule has 0 aromatic carbocycles. The molecule has 4 nitrogen and oxygen atoms in total. The summed E-state index contributed by atoms with van der Waals surface area (Å²) in [6.07, 6.45) is -4.61. The van der Waals surface area contributed by atoms with Crippen molar-refractivity contribution in [3.05, 3.63) is 33.8 Å². The molecule has 8 heteroatoms. The molecule has 19 heavy (non-hydrogen) atoms. The van der Waals surface area contributed by atoms with E-state index in [1.165, 1.54) is 17.4 Å². The number of nitrogens with one attached hydrogen (secondary N) is 1. The summed E-state index contributed by atoms with van der Waals surface area (Å²) in [5, 5.41) is 4.74. The molecule has 0 aliphatic heterocycles. The molecule has 0 atom stereocenters. The fourth-order valence-electron chi connectivity index (χ4n) is 1.44. The number of nitrogens with two attached hydrogens (primary N) is 1. The number of aryl methyl sites for hydroxylation is 1. The summed E-state index contributed by atoms with van der Waals surface area (Å²) in [6.45, 7) is 2.33. The molecular weight excluding hydrogens is 277 g/mol. The minimum atomic E-state index is -4.61.